The summed E-state index contributed by atoms with van der Waals surface area (Å²) in [7, 11) is 0. The molecule has 1 saturated heterocycles. The summed E-state index contributed by atoms with van der Waals surface area (Å²) in [5, 5.41) is 29.6. The minimum Gasteiger partial charge on any atom is -0.389 e. The highest BCUT2D eigenvalue weighted by Gasteiger charge is 2.34. The Morgan fingerprint density at radius 2 is 2.00 bits per heavy atom. The van der Waals surface area contributed by atoms with Gasteiger partial charge in [-0.05, 0) is 6.07 Å². The van der Waals surface area contributed by atoms with Crippen molar-refractivity contribution in [1.29, 1.82) is 0 Å². The van der Waals surface area contributed by atoms with Crippen LogP contribution in [0.5, 0.6) is 0 Å². The molecule has 1 fully saturated rings. The van der Waals surface area contributed by atoms with Gasteiger partial charge in [0.1, 0.15) is 5.82 Å². The van der Waals surface area contributed by atoms with Gasteiger partial charge in [0.15, 0.2) is 0 Å². The lowest BCUT2D eigenvalue weighted by molar-refractivity contribution is -0.384. The van der Waals surface area contributed by atoms with Gasteiger partial charge in [0.25, 0.3) is 0 Å². The number of aliphatic hydroxyl groups excluding tert-OH is 2. The number of rotatable bonds is 2. The van der Waals surface area contributed by atoms with E-state index in [0.29, 0.717) is 0 Å². The molecule has 1 aromatic rings. The maximum Gasteiger partial charge on any atom is 0.311 e. The van der Waals surface area contributed by atoms with Crippen molar-refractivity contribution in [3.8, 4) is 0 Å². The molecule has 0 radical (unpaired) electrons. The molecule has 8 nitrogen and oxygen atoms in total. The highest BCUT2D eigenvalue weighted by Crippen LogP contribution is 2.29. The first-order valence-corrected chi connectivity index (χ1v) is 5.01. The Morgan fingerprint density at radius 1 is 1.41 bits per heavy atom. The van der Waals surface area contributed by atoms with E-state index in [-0.39, 0.29) is 30.4 Å². The predicted molar refractivity (Wildman–Crippen MR) is 59.5 cm³/mol. The second-order valence-electron chi connectivity index (χ2n) is 3.88. The molecule has 2 heterocycles. The molecule has 8 heteroatoms. The number of anilines is 2. The molecule has 0 spiro atoms. The number of nitrogen functional groups attached to an aromatic ring is 1. The third-order valence-electron chi connectivity index (χ3n) is 2.63. The number of nitrogens with two attached hydrogens (primary N) is 1. The van der Waals surface area contributed by atoms with Crippen molar-refractivity contribution in [3.05, 3.63) is 22.2 Å². The summed E-state index contributed by atoms with van der Waals surface area (Å²) in [6.07, 6.45) is -1.87. The number of β-amino-alcohol motifs (C(OH)–C–C–N with tert-alkyl or cyclic N) is 2. The molecule has 0 aliphatic carbocycles. The van der Waals surface area contributed by atoms with Gasteiger partial charge in [0.2, 0.25) is 5.82 Å². The molecule has 92 valence electrons. The van der Waals surface area contributed by atoms with Crippen LogP contribution in [0.3, 0.4) is 0 Å². The molecule has 2 rings (SSSR count). The third-order valence-corrected chi connectivity index (χ3v) is 2.63. The largest absolute Gasteiger partial charge is 0.389 e. The predicted octanol–water partition coefficient (Wildman–Crippen LogP) is -0.886. The van der Waals surface area contributed by atoms with Crippen molar-refractivity contribution in [2.75, 3.05) is 23.7 Å². The van der Waals surface area contributed by atoms with Crippen LogP contribution in [0.4, 0.5) is 17.3 Å². The molecule has 2 atom stereocenters. The van der Waals surface area contributed by atoms with Gasteiger partial charge >= 0.3 is 5.69 Å². The van der Waals surface area contributed by atoms with E-state index in [2.05, 4.69) is 4.98 Å². The lowest BCUT2D eigenvalue weighted by Crippen LogP contribution is -2.23. The average molecular weight is 240 g/mol. The molecule has 17 heavy (non-hydrogen) atoms. The monoisotopic (exact) mass is 240 g/mol. The summed E-state index contributed by atoms with van der Waals surface area (Å²) in [6, 6.07) is 2.60. The summed E-state index contributed by atoms with van der Waals surface area (Å²) in [6.45, 7) is 0.191. The van der Waals surface area contributed by atoms with Gasteiger partial charge in [-0.25, -0.2) is 4.98 Å². The zero-order chi connectivity index (χ0) is 12.6. The Morgan fingerprint density at radius 3 is 2.53 bits per heavy atom. The van der Waals surface area contributed by atoms with Crippen molar-refractivity contribution >= 4 is 17.3 Å². The molecule has 1 aliphatic rings. The van der Waals surface area contributed by atoms with E-state index >= 15 is 0 Å². The Labute approximate surface area is 96.4 Å². The third kappa shape index (κ3) is 2.12. The summed E-state index contributed by atoms with van der Waals surface area (Å²) >= 11 is 0. The number of hydrogen-bond acceptors (Lipinski definition) is 7. The van der Waals surface area contributed by atoms with E-state index in [4.69, 9.17) is 5.73 Å². The number of pyridine rings is 1. The van der Waals surface area contributed by atoms with E-state index in [1.165, 1.54) is 17.0 Å². The van der Waals surface area contributed by atoms with Gasteiger partial charge in [-0.15, -0.1) is 0 Å². The Balaban J connectivity index is 2.37. The van der Waals surface area contributed by atoms with Crippen molar-refractivity contribution in [1.82, 2.24) is 4.98 Å². The number of aromatic nitrogens is 1. The molecule has 1 aromatic heterocycles. The van der Waals surface area contributed by atoms with Crippen molar-refractivity contribution in [2.24, 2.45) is 0 Å². The van der Waals surface area contributed by atoms with Crippen molar-refractivity contribution in [2.45, 2.75) is 12.2 Å². The summed E-state index contributed by atoms with van der Waals surface area (Å²) < 4.78 is 0. The van der Waals surface area contributed by atoms with E-state index < -0.39 is 17.1 Å². The highest BCUT2D eigenvalue weighted by molar-refractivity contribution is 5.61. The van der Waals surface area contributed by atoms with E-state index in [0.717, 1.165) is 0 Å². The zero-order valence-corrected chi connectivity index (χ0v) is 8.85. The maximum absolute atomic E-state index is 10.8. The second kappa shape index (κ2) is 4.15. The maximum atomic E-state index is 10.8. The molecule has 0 bridgehead atoms. The fourth-order valence-corrected chi connectivity index (χ4v) is 1.77. The van der Waals surface area contributed by atoms with Gasteiger partial charge in [-0.3, -0.25) is 10.1 Å². The van der Waals surface area contributed by atoms with Crippen LogP contribution in [0, 0.1) is 10.1 Å². The molecule has 0 amide bonds. The van der Waals surface area contributed by atoms with Gasteiger partial charge in [0, 0.05) is 19.2 Å². The molecule has 0 saturated carbocycles. The lowest BCUT2D eigenvalue weighted by Gasteiger charge is -2.16. The number of hydrogen-bond donors (Lipinski definition) is 3. The summed E-state index contributed by atoms with van der Waals surface area (Å²) in [5.74, 6) is 0.229. The van der Waals surface area contributed by atoms with Crippen LogP contribution in [0.2, 0.25) is 0 Å². The Bertz CT molecular complexity index is 443. The van der Waals surface area contributed by atoms with Crippen LogP contribution < -0.4 is 10.6 Å². The minimum absolute atomic E-state index is 0.0746. The van der Waals surface area contributed by atoms with Crippen LogP contribution in [0.15, 0.2) is 12.1 Å². The first-order chi connectivity index (χ1) is 7.99. The van der Waals surface area contributed by atoms with E-state index in [9.17, 15) is 20.3 Å². The topological polar surface area (TPSA) is 126 Å². The average Bonchev–Trinajstić information content (AvgIpc) is 2.58. The zero-order valence-electron chi connectivity index (χ0n) is 8.85. The fourth-order valence-electron chi connectivity index (χ4n) is 1.77. The Kier molecular flexibility index (Phi) is 2.82. The highest BCUT2D eigenvalue weighted by atomic mass is 16.6. The fraction of sp³-hybridized carbons (Fsp3) is 0.444. The van der Waals surface area contributed by atoms with Crippen LogP contribution >= 0.6 is 0 Å². The van der Waals surface area contributed by atoms with Crippen molar-refractivity contribution < 1.29 is 15.1 Å². The Hall–Kier alpha value is -1.93. The van der Waals surface area contributed by atoms with Crippen LogP contribution in [-0.2, 0) is 0 Å². The molecule has 4 N–H and O–H groups in total. The lowest BCUT2D eigenvalue weighted by atomic mass is 10.3. The molecular formula is C9H12N4O4. The molecule has 0 aromatic carbocycles. The number of aliphatic hydroxyl groups is 2. The van der Waals surface area contributed by atoms with Gasteiger partial charge < -0.3 is 20.8 Å². The van der Waals surface area contributed by atoms with E-state index in [1.807, 2.05) is 0 Å². The quantitative estimate of drug-likeness (QED) is 0.452. The second-order valence-corrected chi connectivity index (χ2v) is 3.88. The molecule has 2 unspecified atom stereocenters. The standard InChI is InChI=1S/C9H12N4O4/c10-8-2-1-5(13(16)17)9(11-8)12-3-6(14)7(15)4-12/h1-2,6-7,14-15H,3-4H2,(H2,10,11). The molecular weight excluding hydrogens is 228 g/mol. The van der Waals surface area contributed by atoms with Crippen LogP contribution in [0.25, 0.3) is 0 Å². The van der Waals surface area contributed by atoms with Gasteiger partial charge in [-0.2, -0.15) is 0 Å². The SMILES string of the molecule is Nc1ccc([N+](=O)[O-])c(N2CC(O)C(O)C2)n1. The minimum atomic E-state index is -0.933. The summed E-state index contributed by atoms with van der Waals surface area (Å²) in [4.78, 5) is 15.6. The van der Waals surface area contributed by atoms with E-state index in [1.54, 1.807) is 0 Å². The first-order valence-electron chi connectivity index (χ1n) is 5.01. The molecule has 1 aliphatic heterocycles. The first kappa shape index (κ1) is 11.6. The van der Waals surface area contributed by atoms with Crippen LogP contribution in [0.1, 0.15) is 0 Å². The van der Waals surface area contributed by atoms with Gasteiger partial charge in [-0.1, -0.05) is 0 Å². The summed E-state index contributed by atoms with van der Waals surface area (Å²) in [5.41, 5.74) is 5.29. The smallest absolute Gasteiger partial charge is 0.311 e. The number of nitro groups is 1. The van der Waals surface area contributed by atoms with Gasteiger partial charge in [0.05, 0.1) is 17.1 Å². The van der Waals surface area contributed by atoms with Crippen LogP contribution in [-0.4, -0.2) is 45.4 Å². The number of nitrogens with zero attached hydrogens (tertiary/aromatic N) is 3. The normalized spacial score (nSPS) is 24.0. The van der Waals surface area contributed by atoms with Crippen molar-refractivity contribution in [3.63, 3.8) is 0 Å².